The second-order valence-corrected chi connectivity index (χ2v) is 10.2. The summed E-state index contributed by atoms with van der Waals surface area (Å²) in [4.78, 5) is 15.5. The highest BCUT2D eigenvalue weighted by Crippen LogP contribution is 2.32. The Labute approximate surface area is 203 Å². The van der Waals surface area contributed by atoms with Gasteiger partial charge in [0.25, 0.3) is 5.91 Å². The van der Waals surface area contributed by atoms with Gasteiger partial charge < -0.3 is 19.7 Å². The molecule has 0 aromatic heterocycles. The third-order valence-electron chi connectivity index (χ3n) is 7.74. The van der Waals surface area contributed by atoms with Gasteiger partial charge in [-0.2, -0.15) is 0 Å². The molecule has 5 heteroatoms. The highest BCUT2D eigenvalue weighted by Gasteiger charge is 2.30. The van der Waals surface area contributed by atoms with Crippen LogP contribution in [-0.2, 0) is 4.79 Å². The summed E-state index contributed by atoms with van der Waals surface area (Å²) in [5, 5.41) is 3.28. The molecule has 2 aliphatic heterocycles. The Balaban J connectivity index is 1.08. The third kappa shape index (κ3) is 5.30. The van der Waals surface area contributed by atoms with E-state index in [0.29, 0.717) is 18.4 Å². The standard InChI is InChI=1S/C29H36N2O3/c1-20-3-10-28-24(15-20)17-25(19-34-28)29(32)30-26-7-4-21(16-26)18-31-13-11-23(12-14-31)22-5-8-27(33-2)9-6-22/h3,5-6,8-10,15,17,21,23,26H,4,7,11-14,16,18-19H2,1-2H3,(H,30,32). The fourth-order valence-electron chi connectivity index (χ4n) is 5.77. The van der Waals surface area contributed by atoms with Crippen LogP contribution in [0.2, 0.25) is 0 Å². The van der Waals surface area contributed by atoms with Crippen LogP contribution < -0.4 is 14.8 Å². The predicted octanol–water partition coefficient (Wildman–Crippen LogP) is 4.94. The molecular formula is C29H36N2O3. The number of nitrogens with zero attached hydrogens (tertiary/aromatic N) is 1. The zero-order chi connectivity index (χ0) is 23.5. The Morgan fingerprint density at radius 1 is 1.09 bits per heavy atom. The summed E-state index contributed by atoms with van der Waals surface area (Å²) in [5.41, 5.74) is 4.33. The SMILES string of the molecule is COc1ccc(C2CCN(CC3CCC(NC(=O)C4=Cc5cc(C)ccc5OC4)C3)CC2)cc1. The van der Waals surface area contributed by atoms with E-state index in [1.54, 1.807) is 7.11 Å². The molecule has 2 fully saturated rings. The maximum absolute atomic E-state index is 12.9. The number of methoxy groups -OCH3 is 1. The van der Waals surface area contributed by atoms with E-state index in [4.69, 9.17) is 9.47 Å². The van der Waals surface area contributed by atoms with Crippen LogP contribution in [0.3, 0.4) is 0 Å². The minimum atomic E-state index is 0.0260. The second-order valence-electron chi connectivity index (χ2n) is 10.2. The van der Waals surface area contributed by atoms with Crippen molar-refractivity contribution in [1.82, 2.24) is 10.2 Å². The Kier molecular flexibility index (Phi) is 6.91. The number of piperidine rings is 1. The smallest absolute Gasteiger partial charge is 0.250 e. The Morgan fingerprint density at radius 2 is 1.88 bits per heavy atom. The zero-order valence-electron chi connectivity index (χ0n) is 20.4. The van der Waals surface area contributed by atoms with Crippen LogP contribution in [0.4, 0.5) is 0 Å². The van der Waals surface area contributed by atoms with Crippen molar-refractivity contribution in [2.45, 2.75) is 51.0 Å². The second kappa shape index (κ2) is 10.2. The van der Waals surface area contributed by atoms with Crippen molar-refractivity contribution in [1.29, 1.82) is 0 Å². The van der Waals surface area contributed by atoms with Gasteiger partial charge in [0.1, 0.15) is 18.1 Å². The summed E-state index contributed by atoms with van der Waals surface area (Å²) in [7, 11) is 1.72. The molecule has 5 nitrogen and oxygen atoms in total. The van der Waals surface area contributed by atoms with Crippen LogP contribution >= 0.6 is 0 Å². The van der Waals surface area contributed by atoms with Crippen LogP contribution in [0.25, 0.3) is 6.08 Å². The molecule has 0 bridgehead atoms. The van der Waals surface area contributed by atoms with Crippen molar-refractivity contribution >= 4 is 12.0 Å². The van der Waals surface area contributed by atoms with Gasteiger partial charge in [0.05, 0.1) is 12.7 Å². The van der Waals surface area contributed by atoms with E-state index in [0.717, 1.165) is 55.1 Å². The van der Waals surface area contributed by atoms with Crippen molar-refractivity contribution < 1.29 is 14.3 Å². The zero-order valence-corrected chi connectivity index (χ0v) is 20.4. The predicted molar refractivity (Wildman–Crippen MR) is 135 cm³/mol. The lowest BCUT2D eigenvalue weighted by atomic mass is 9.89. The van der Waals surface area contributed by atoms with Crippen LogP contribution in [-0.4, -0.2) is 50.2 Å². The molecule has 2 heterocycles. The number of likely N-dealkylation sites (tertiary alicyclic amines) is 1. The highest BCUT2D eigenvalue weighted by molar-refractivity contribution is 5.99. The number of amides is 1. The number of hydrogen-bond acceptors (Lipinski definition) is 4. The molecule has 3 aliphatic rings. The number of nitrogens with one attached hydrogen (secondary N) is 1. The first-order valence-electron chi connectivity index (χ1n) is 12.7. The van der Waals surface area contributed by atoms with E-state index >= 15 is 0 Å². The molecular weight excluding hydrogens is 424 g/mol. The number of aryl methyl sites for hydroxylation is 1. The van der Waals surface area contributed by atoms with Crippen LogP contribution in [0.15, 0.2) is 48.0 Å². The van der Waals surface area contributed by atoms with Gasteiger partial charge in [-0.25, -0.2) is 0 Å². The molecule has 2 aromatic rings. The normalized spacial score (nSPS) is 23.1. The van der Waals surface area contributed by atoms with Crippen LogP contribution in [0.1, 0.15) is 54.7 Å². The summed E-state index contributed by atoms with van der Waals surface area (Å²) >= 11 is 0. The van der Waals surface area contributed by atoms with Gasteiger partial charge in [0.15, 0.2) is 0 Å². The van der Waals surface area contributed by atoms with Gasteiger partial charge in [0.2, 0.25) is 0 Å². The highest BCUT2D eigenvalue weighted by atomic mass is 16.5. The van der Waals surface area contributed by atoms with Crippen molar-refractivity contribution in [2.24, 2.45) is 5.92 Å². The number of carbonyl (C=O) groups is 1. The van der Waals surface area contributed by atoms with E-state index in [1.807, 2.05) is 18.2 Å². The number of ether oxygens (including phenoxy) is 2. The number of fused-ring (bicyclic) bond motifs is 1. The van der Waals surface area contributed by atoms with Gasteiger partial charge in [0, 0.05) is 18.2 Å². The van der Waals surface area contributed by atoms with Gasteiger partial charge in [-0.05, 0) is 99.9 Å². The summed E-state index contributed by atoms with van der Waals surface area (Å²) in [6, 6.07) is 15.0. The average molecular weight is 461 g/mol. The van der Waals surface area contributed by atoms with E-state index in [2.05, 4.69) is 47.5 Å². The molecule has 1 saturated carbocycles. The lowest BCUT2D eigenvalue weighted by Gasteiger charge is -2.33. The minimum absolute atomic E-state index is 0.0260. The lowest BCUT2D eigenvalue weighted by Crippen LogP contribution is -2.38. The summed E-state index contributed by atoms with van der Waals surface area (Å²) in [6.07, 6.45) is 7.76. The number of carbonyl (C=O) groups excluding carboxylic acids is 1. The largest absolute Gasteiger partial charge is 0.497 e. The summed E-state index contributed by atoms with van der Waals surface area (Å²) in [6.45, 7) is 5.88. The number of hydrogen-bond donors (Lipinski definition) is 1. The van der Waals surface area contributed by atoms with E-state index in [1.165, 1.54) is 30.4 Å². The first-order valence-corrected chi connectivity index (χ1v) is 12.7. The van der Waals surface area contributed by atoms with E-state index in [-0.39, 0.29) is 11.9 Å². The molecule has 180 valence electrons. The van der Waals surface area contributed by atoms with Crippen LogP contribution in [0, 0.1) is 12.8 Å². The maximum Gasteiger partial charge on any atom is 0.250 e. The molecule has 34 heavy (non-hydrogen) atoms. The topological polar surface area (TPSA) is 50.8 Å². The Morgan fingerprint density at radius 3 is 2.65 bits per heavy atom. The van der Waals surface area contributed by atoms with E-state index < -0.39 is 0 Å². The van der Waals surface area contributed by atoms with E-state index in [9.17, 15) is 4.79 Å². The molecule has 1 amide bonds. The van der Waals surface area contributed by atoms with Gasteiger partial charge in [-0.15, -0.1) is 0 Å². The maximum atomic E-state index is 12.9. The van der Waals surface area contributed by atoms with Gasteiger partial charge in [-0.3, -0.25) is 4.79 Å². The van der Waals surface area contributed by atoms with Gasteiger partial charge in [-0.1, -0.05) is 23.8 Å². The molecule has 0 radical (unpaired) electrons. The third-order valence-corrected chi connectivity index (χ3v) is 7.74. The summed E-state index contributed by atoms with van der Waals surface area (Å²) in [5.74, 6) is 3.13. The van der Waals surface area contributed by atoms with Crippen molar-refractivity contribution in [3.05, 3.63) is 64.7 Å². The molecule has 2 atom stereocenters. The molecule has 2 unspecified atom stereocenters. The lowest BCUT2D eigenvalue weighted by molar-refractivity contribution is -0.118. The molecule has 2 aromatic carbocycles. The van der Waals surface area contributed by atoms with Crippen molar-refractivity contribution in [3.8, 4) is 11.5 Å². The minimum Gasteiger partial charge on any atom is -0.497 e. The van der Waals surface area contributed by atoms with Gasteiger partial charge >= 0.3 is 0 Å². The van der Waals surface area contributed by atoms with Crippen molar-refractivity contribution in [2.75, 3.05) is 33.4 Å². The van der Waals surface area contributed by atoms with Crippen molar-refractivity contribution in [3.63, 3.8) is 0 Å². The fourth-order valence-corrected chi connectivity index (χ4v) is 5.77. The Bertz CT molecular complexity index is 1040. The molecule has 1 N–H and O–H groups in total. The quantitative estimate of drug-likeness (QED) is 0.663. The summed E-state index contributed by atoms with van der Waals surface area (Å²) < 4.78 is 11.1. The molecule has 1 saturated heterocycles. The number of benzene rings is 2. The number of rotatable bonds is 6. The first-order chi connectivity index (χ1) is 16.6. The van der Waals surface area contributed by atoms with Crippen LogP contribution in [0.5, 0.6) is 11.5 Å². The average Bonchev–Trinajstić information content (AvgIpc) is 3.30. The fraction of sp³-hybridized carbons (Fsp3) is 0.483. The molecule has 1 aliphatic carbocycles. The first kappa shape index (κ1) is 23.0. The Hall–Kier alpha value is -2.79. The monoisotopic (exact) mass is 460 g/mol. The molecule has 0 spiro atoms. The molecule has 5 rings (SSSR count).